The lowest BCUT2D eigenvalue weighted by Gasteiger charge is -1.87. The van der Waals surface area contributed by atoms with Crippen LogP contribution in [-0.2, 0) is 0 Å². The lowest BCUT2D eigenvalue weighted by atomic mass is 10.3. The van der Waals surface area contributed by atoms with Gasteiger partial charge in [-0.2, -0.15) is 4.98 Å². The van der Waals surface area contributed by atoms with Gasteiger partial charge >= 0.3 is 0 Å². The van der Waals surface area contributed by atoms with E-state index in [-0.39, 0.29) is 5.95 Å². The minimum absolute atomic E-state index is 0.179. The third-order valence-corrected chi connectivity index (χ3v) is 2.50. The van der Waals surface area contributed by atoms with Crippen LogP contribution in [-0.4, -0.2) is 10.1 Å². The highest BCUT2D eigenvalue weighted by molar-refractivity contribution is 7.13. The van der Waals surface area contributed by atoms with Gasteiger partial charge in [0.25, 0.3) is 11.8 Å². The Kier molecular flexibility index (Phi) is 1.58. The molecule has 2 N–H and O–H groups in total. The summed E-state index contributed by atoms with van der Waals surface area (Å²) in [4.78, 5) is 4.91. The number of nitrogens with zero attached hydrogens (tertiary/aromatic N) is 2. The number of aromatic nitrogens is 2. The quantitative estimate of drug-likeness (QED) is 0.727. The molecule has 0 bridgehead atoms. The van der Waals surface area contributed by atoms with Crippen molar-refractivity contribution in [2.75, 3.05) is 5.73 Å². The molecule has 0 amide bonds. The van der Waals surface area contributed by atoms with Gasteiger partial charge < -0.3 is 10.3 Å². The third kappa shape index (κ3) is 1.08. The molecule has 0 atom stereocenters. The first-order valence-electron chi connectivity index (χ1n) is 3.41. The second-order valence-electron chi connectivity index (χ2n) is 2.39. The lowest BCUT2D eigenvalue weighted by Crippen LogP contribution is -1.85. The summed E-state index contributed by atoms with van der Waals surface area (Å²) >= 11 is 1.56. The zero-order valence-electron chi connectivity index (χ0n) is 6.44. The number of anilines is 1. The SMILES string of the molecule is Cc1ccsc1-c1nc(N)no1. The molecule has 0 aliphatic heterocycles. The Hall–Kier alpha value is -1.36. The molecule has 0 aliphatic carbocycles. The van der Waals surface area contributed by atoms with E-state index in [0.717, 1.165) is 10.4 Å². The van der Waals surface area contributed by atoms with Crippen LogP contribution in [0.3, 0.4) is 0 Å². The zero-order chi connectivity index (χ0) is 8.55. The van der Waals surface area contributed by atoms with Crippen LogP contribution in [0, 0.1) is 6.92 Å². The van der Waals surface area contributed by atoms with E-state index in [4.69, 9.17) is 10.3 Å². The maximum atomic E-state index is 5.32. The number of hydrogen-bond acceptors (Lipinski definition) is 5. The monoisotopic (exact) mass is 181 g/mol. The fraction of sp³-hybridized carbons (Fsp3) is 0.143. The van der Waals surface area contributed by atoms with E-state index in [2.05, 4.69) is 10.1 Å². The van der Waals surface area contributed by atoms with Crippen LogP contribution in [0.15, 0.2) is 16.0 Å². The average Bonchev–Trinajstić information content (AvgIpc) is 2.58. The van der Waals surface area contributed by atoms with Gasteiger partial charge in [0.2, 0.25) is 0 Å². The van der Waals surface area contributed by atoms with Crippen LogP contribution in [0.5, 0.6) is 0 Å². The predicted octanol–water partition coefficient (Wildman–Crippen LogP) is 1.69. The highest BCUT2D eigenvalue weighted by Crippen LogP contribution is 2.27. The molecule has 0 unspecified atom stereocenters. The van der Waals surface area contributed by atoms with Crippen molar-refractivity contribution in [1.82, 2.24) is 10.1 Å². The van der Waals surface area contributed by atoms with E-state index in [0.29, 0.717) is 5.89 Å². The van der Waals surface area contributed by atoms with Crippen molar-refractivity contribution in [3.05, 3.63) is 17.0 Å². The van der Waals surface area contributed by atoms with Gasteiger partial charge in [0.05, 0.1) is 4.88 Å². The first-order chi connectivity index (χ1) is 5.77. The molecule has 0 saturated heterocycles. The molecule has 5 heteroatoms. The Labute approximate surface area is 73.0 Å². The van der Waals surface area contributed by atoms with Crippen LogP contribution in [0.4, 0.5) is 5.95 Å². The van der Waals surface area contributed by atoms with Crippen molar-refractivity contribution in [3.63, 3.8) is 0 Å². The Balaban J connectivity index is 2.50. The summed E-state index contributed by atoms with van der Waals surface area (Å²) < 4.78 is 4.91. The van der Waals surface area contributed by atoms with Crippen LogP contribution < -0.4 is 5.73 Å². The van der Waals surface area contributed by atoms with Crippen molar-refractivity contribution >= 4 is 17.3 Å². The zero-order valence-corrected chi connectivity index (χ0v) is 7.26. The molecule has 0 radical (unpaired) electrons. The Bertz CT molecular complexity index is 393. The molecule has 4 nitrogen and oxygen atoms in total. The van der Waals surface area contributed by atoms with Gasteiger partial charge in [-0.1, -0.05) is 0 Å². The number of nitrogen functional groups attached to an aromatic ring is 1. The molecule has 12 heavy (non-hydrogen) atoms. The second kappa shape index (κ2) is 2.60. The highest BCUT2D eigenvalue weighted by atomic mass is 32.1. The van der Waals surface area contributed by atoms with E-state index >= 15 is 0 Å². The van der Waals surface area contributed by atoms with E-state index in [9.17, 15) is 0 Å². The van der Waals surface area contributed by atoms with Gasteiger partial charge in [0, 0.05) is 0 Å². The highest BCUT2D eigenvalue weighted by Gasteiger charge is 2.09. The summed E-state index contributed by atoms with van der Waals surface area (Å²) in [6.45, 7) is 1.99. The normalized spacial score (nSPS) is 10.4. The van der Waals surface area contributed by atoms with Crippen LogP contribution in [0.2, 0.25) is 0 Å². The van der Waals surface area contributed by atoms with E-state index in [1.165, 1.54) is 0 Å². The molecule has 0 aromatic carbocycles. The molecular formula is C7H7N3OS. The second-order valence-corrected chi connectivity index (χ2v) is 3.31. The summed E-state index contributed by atoms with van der Waals surface area (Å²) in [6.07, 6.45) is 0. The molecule has 2 aromatic rings. The molecule has 62 valence electrons. The maximum Gasteiger partial charge on any atom is 0.269 e. The van der Waals surface area contributed by atoms with Gasteiger partial charge in [-0.3, -0.25) is 0 Å². The fourth-order valence-electron chi connectivity index (χ4n) is 0.919. The van der Waals surface area contributed by atoms with Crippen molar-refractivity contribution in [2.24, 2.45) is 0 Å². The van der Waals surface area contributed by atoms with Gasteiger partial charge in [-0.25, -0.2) is 0 Å². The standard InChI is InChI=1S/C7H7N3OS/c1-4-2-3-12-5(4)6-9-7(8)10-11-6/h2-3H,1H3,(H2,8,10). The minimum atomic E-state index is 0.179. The maximum absolute atomic E-state index is 5.32. The molecule has 0 spiro atoms. The molecule has 0 fully saturated rings. The van der Waals surface area contributed by atoms with Gasteiger partial charge in [0.15, 0.2) is 0 Å². The molecule has 2 aromatic heterocycles. The lowest BCUT2D eigenvalue weighted by molar-refractivity contribution is 0.434. The van der Waals surface area contributed by atoms with Crippen molar-refractivity contribution in [3.8, 4) is 10.8 Å². The first-order valence-corrected chi connectivity index (χ1v) is 4.29. The molecule has 2 rings (SSSR count). The average molecular weight is 181 g/mol. The smallest absolute Gasteiger partial charge is 0.269 e. The number of thiophene rings is 1. The van der Waals surface area contributed by atoms with Gasteiger partial charge in [0.1, 0.15) is 0 Å². The molecule has 2 heterocycles. The van der Waals surface area contributed by atoms with Crippen molar-refractivity contribution in [2.45, 2.75) is 6.92 Å². The largest absolute Gasteiger partial charge is 0.365 e. The summed E-state index contributed by atoms with van der Waals surface area (Å²) in [5.74, 6) is 0.679. The van der Waals surface area contributed by atoms with Gasteiger partial charge in [-0.15, -0.1) is 11.3 Å². The van der Waals surface area contributed by atoms with Crippen LogP contribution >= 0.6 is 11.3 Å². The van der Waals surface area contributed by atoms with E-state index in [1.54, 1.807) is 11.3 Å². The molecule has 0 aliphatic rings. The Morgan fingerprint density at radius 1 is 1.58 bits per heavy atom. The third-order valence-electron chi connectivity index (χ3n) is 1.50. The summed E-state index contributed by atoms with van der Waals surface area (Å²) in [5, 5.41) is 5.49. The topological polar surface area (TPSA) is 64.9 Å². The Morgan fingerprint density at radius 2 is 2.42 bits per heavy atom. The van der Waals surface area contributed by atoms with Crippen LogP contribution in [0.25, 0.3) is 10.8 Å². The van der Waals surface area contributed by atoms with Crippen LogP contribution in [0.1, 0.15) is 5.56 Å². The van der Waals surface area contributed by atoms with Gasteiger partial charge in [-0.05, 0) is 29.1 Å². The van der Waals surface area contributed by atoms with Crippen molar-refractivity contribution < 1.29 is 4.52 Å². The first kappa shape index (κ1) is 7.30. The summed E-state index contributed by atoms with van der Waals surface area (Å²) in [7, 11) is 0. The fourth-order valence-corrected chi connectivity index (χ4v) is 1.76. The van der Waals surface area contributed by atoms with Crippen molar-refractivity contribution in [1.29, 1.82) is 0 Å². The summed E-state index contributed by atoms with van der Waals surface area (Å²) in [5.41, 5.74) is 6.45. The van der Waals surface area contributed by atoms with E-state index < -0.39 is 0 Å². The number of hydrogen-bond donors (Lipinski definition) is 1. The summed E-state index contributed by atoms with van der Waals surface area (Å²) in [6, 6.07) is 2.00. The van der Waals surface area contributed by atoms with E-state index in [1.807, 2.05) is 18.4 Å². The Morgan fingerprint density at radius 3 is 2.92 bits per heavy atom. The molecular weight excluding hydrogens is 174 g/mol. The number of aryl methyl sites for hydroxylation is 1. The predicted molar refractivity (Wildman–Crippen MR) is 46.8 cm³/mol. The number of nitrogens with two attached hydrogens (primary N) is 1. The minimum Gasteiger partial charge on any atom is -0.365 e. The number of rotatable bonds is 1. The molecule has 0 saturated carbocycles.